The zero-order valence-electron chi connectivity index (χ0n) is 9.32. The van der Waals surface area contributed by atoms with E-state index in [4.69, 9.17) is 17.3 Å². The molecule has 0 aromatic heterocycles. The summed E-state index contributed by atoms with van der Waals surface area (Å²) >= 11 is 5.87. The molecule has 1 aliphatic carbocycles. The molecule has 17 heavy (non-hydrogen) atoms. The fourth-order valence-electron chi connectivity index (χ4n) is 1.69. The molecule has 0 heterocycles. The SMILES string of the molecule is Nc1cccc(Cl)c1S(=O)(=O)NCCC1CC1. The standard InChI is InChI=1S/C11H15ClN2O2S/c12-9-2-1-3-10(13)11(9)17(15,16)14-7-6-8-4-5-8/h1-3,8,14H,4-7,13H2. The summed E-state index contributed by atoms with van der Waals surface area (Å²) in [5.41, 5.74) is 5.83. The van der Waals surface area contributed by atoms with E-state index in [1.807, 2.05) is 0 Å². The third-order valence-corrected chi connectivity index (χ3v) is 4.81. The summed E-state index contributed by atoms with van der Waals surface area (Å²) in [6.07, 6.45) is 3.29. The van der Waals surface area contributed by atoms with Gasteiger partial charge in [0, 0.05) is 6.54 Å². The molecule has 0 spiro atoms. The van der Waals surface area contributed by atoms with Crippen LogP contribution in [0.2, 0.25) is 5.02 Å². The highest BCUT2D eigenvalue weighted by molar-refractivity contribution is 7.89. The second-order valence-electron chi connectivity index (χ2n) is 4.29. The number of hydrogen-bond acceptors (Lipinski definition) is 3. The van der Waals surface area contributed by atoms with Crippen LogP contribution in [0.4, 0.5) is 5.69 Å². The van der Waals surface area contributed by atoms with E-state index in [1.54, 1.807) is 6.07 Å². The summed E-state index contributed by atoms with van der Waals surface area (Å²) in [6, 6.07) is 4.68. The van der Waals surface area contributed by atoms with Crippen molar-refractivity contribution in [2.45, 2.75) is 24.2 Å². The van der Waals surface area contributed by atoms with Crippen molar-refractivity contribution in [1.82, 2.24) is 4.72 Å². The van der Waals surface area contributed by atoms with E-state index in [0.29, 0.717) is 12.5 Å². The second kappa shape index (κ2) is 4.84. The van der Waals surface area contributed by atoms with E-state index in [9.17, 15) is 8.42 Å². The van der Waals surface area contributed by atoms with Crippen molar-refractivity contribution in [3.05, 3.63) is 23.2 Å². The maximum Gasteiger partial charge on any atom is 0.244 e. The summed E-state index contributed by atoms with van der Waals surface area (Å²) < 4.78 is 26.5. The molecule has 0 unspecified atom stereocenters. The Morgan fingerprint density at radius 3 is 2.71 bits per heavy atom. The molecule has 2 rings (SSSR count). The van der Waals surface area contributed by atoms with E-state index < -0.39 is 10.0 Å². The van der Waals surface area contributed by atoms with Gasteiger partial charge in [0.25, 0.3) is 0 Å². The van der Waals surface area contributed by atoms with Gasteiger partial charge in [0.1, 0.15) is 4.90 Å². The Labute approximate surface area is 106 Å². The Kier molecular flexibility index (Phi) is 3.61. The quantitative estimate of drug-likeness (QED) is 0.807. The van der Waals surface area contributed by atoms with Crippen molar-refractivity contribution in [2.24, 2.45) is 5.92 Å². The summed E-state index contributed by atoms with van der Waals surface area (Å²) in [7, 11) is -3.60. The van der Waals surface area contributed by atoms with Crippen LogP contribution >= 0.6 is 11.6 Å². The minimum atomic E-state index is -3.60. The van der Waals surface area contributed by atoms with Crippen LogP contribution in [0.25, 0.3) is 0 Å². The monoisotopic (exact) mass is 274 g/mol. The van der Waals surface area contributed by atoms with Crippen LogP contribution in [0.15, 0.2) is 23.1 Å². The topological polar surface area (TPSA) is 72.2 Å². The lowest BCUT2D eigenvalue weighted by atomic mass is 10.3. The van der Waals surface area contributed by atoms with Gasteiger partial charge >= 0.3 is 0 Å². The van der Waals surface area contributed by atoms with Crippen LogP contribution in [0, 0.1) is 5.92 Å². The van der Waals surface area contributed by atoms with Crippen LogP contribution in [0.3, 0.4) is 0 Å². The summed E-state index contributed by atoms with van der Waals surface area (Å²) in [5, 5.41) is 0.156. The van der Waals surface area contributed by atoms with Gasteiger partial charge in [-0.3, -0.25) is 0 Å². The molecule has 1 fully saturated rings. The first-order chi connectivity index (χ1) is 8.00. The van der Waals surface area contributed by atoms with Crippen LogP contribution in [-0.2, 0) is 10.0 Å². The summed E-state index contributed by atoms with van der Waals surface area (Å²) in [5.74, 6) is 0.682. The van der Waals surface area contributed by atoms with Gasteiger partial charge in [-0.05, 0) is 24.5 Å². The smallest absolute Gasteiger partial charge is 0.244 e. The predicted octanol–water partition coefficient (Wildman–Crippen LogP) is 2.00. The predicted molar refractivity (Wildman–Crippen MR) is 68.4 cm³/mol. The number of benzene rings is 1. The zero-order chi connectivity index (χ0) is 12.5. The molecule has 0 aliphatic heterocycles. The molecule has 6 heteroatoms. The summed E-state index contributed by atoms with van der Waals surface area (Å²) in [4.78, 5) is -0.0162. The fraction of sp³-hybridized carbons (Fsp3) is 0.455. The Morgan fingerprint density at radius 2 is 2.12 bits per heavy atom. The summed E-state index contributed by atoms with van der Waals surface area (Å²) in [6.45, 7) is 0.442. The van der Waals surface area contributed by atoms with E-state index in [-0.39, 0.29) is 15.6 Å². The number of hydrogen-bond donors (Lipinski definition) is 2. The third kappa shape index (κ3) is 3.12. The molecule has 3 N–H and O–H groups in total. The number of nitrogen functional groups attached to an aromatic ring is 1. The van der Waals surface area contributed by atoms with Crippen molar-refractivity contribution in [3.8, 4) is 0 Å². The molecular formula is C11H15ClN2O2S. The Bertz CT molecular complexity index is 492. The Hall–Kier alpha value is -0.780. The number of anilines is 1. The van der Waals surface area contributed by atoms with E-state index in [0.717, 1.165) is 6.42 Å². The first-order valence-electron chi connectivity index (χ1n) is 5.54. The number of nitrogens with one attached hydrogen (secondary N) is 1. The van der Waals surface area contributed by atoms with Crippen LogP contribution in [-0.4, -0.2) is 15.0 Å². The minimum absolute atomic E-state index is 0.0162. The maximum absolute atomic E-state index is 12.0. The van der Waals surface area contributed by atoms with Gasteiger partial charge in [0.05, 0.1) is 10.7 Å². The van der Waals surface area contributed by atoms with Crippen molar-refractivity contribution in [2.75, 3.05) is 12.3 Å². The average molecular weight is 275 g/mol. The van der Waals surface area contributed by atoms with E-state index in [1.165, 1.54) is 25.0 Å². The van der Waals surface area contributed by atoms with Gasteiger partial charge < -0.3 is 5.73 Å². The molecule has 0 atom stereocenters. The lowest BCUT2D eigenvalue weighted by Crippen LogP contribution is -2.26. The molecule has 1 saturated carbocycles. The third-order valence-electron chi connectivity index (χ3n) is 2.81. The molecule has 0 bridgehead atoms. The van der Waals surface area contributed by atoms with Gasteiger partial charge in [0.2, 0.25) is 10.0 Å². The van der Waals surface area contributed by atoms with Crippen LogP contribution < -0.4 is 10.5 Å². The number of halogens is 1. The number of sulfonamides is 1. The Balaban J connectivity index is 2.12. The molecular weight excluding hydrogens is 260 g/mol. The molecule has 1 aromatic rings. The fourth-order valence-corrected chi connectivity index (χ4v) is 3.41. The highest BCUT2D eigenvalue weighted by Crippen LogP contribution is 2.32. The van der Waals surface area contributed by atoms with Crippen molar-refractivity contribution in [1.29, 1.82) is 0 Å². The second-order valence-corrected chi connectivity index (χ2v) is 6.40. The first kappa shape index (κ1) is 12.7. The van der Waals surface area contributed by atoms with E-state index >= 15 is 0 Å². The molecule has 0 radical (unpaired) electrons. The van der Waals surface area contributed by atoms with Crippen LogP contribution in [0.5, 0.6) is 0 Å². The van der Waals surface area contributed by atoms with Gasteiger partial charge in [-0.25, -0.2) is 13.1 Å². The molecule has 0 amide bonds. The largest absolute Gasteiger partial charge is 0.398 e. The van der Waals surface area contributed by atoms with Gasteiger partial charge in [0.15, 0.2) is 0 Å². The zero-order valence-corrected chi connectivity index (χ0v) is 10.9. The lowest BCUT2D eigenvalue weighted by molar-refractivity contribution is 0.576. The van der Waals surface area contributed by atoms with Crippen LogP contribution in [0.1, 0.15) is 19.3 Å². The normalized spacial score (nSPS) is 16.1. The minimum Gasteiger partial charge on any atom is -0.398 e. The lowest BCUT2D eigenvalue weighted by Gasteiger charge is -2.10. The van der Waals surface area contributed by atoms with Crippen molar-refractivity contribution < 1.29 is 8.42 Å². The number of rotatable bonds is 5. The van der Waals surface area contributed by atoms with E-state index in [2.05, 4.69) is 4.72 Å². The average Bonchev–Trinajstić information content (AvgIpc) is 3.00. The van der Waals surface area contributed by atoms with Gasteiger partial charge in [-0.15, -0.1) is 0 Å². The molecule has 4 nitrogen and oxygen atoms in total. The highest BCUT2D eigenvalue weighted by Gasteiger charge is 2.24. The maximum atomic E-state index is 12.0. The Morgan fingerprint density at radius 1 is 1.41 bits per heavy atom. The van der Waals surface area contributed by atoms with Crippen molar-refractivity contribution >= 4 is 27.3 Å². The molecule has 1 aliphatic rings. The highest BCUT2D eigenvalue weighted by atomic mass is 35.5. The molecule has 94 valence electrons. The van der Waals surface area contributed by atoms with Gasteiger partial charge in [-0.1, -0.05) is 30.5 Å². The first-order valence-corrected chi connectivity index (χ1v) is 7.40. The molecule has 1 aromatic carbocycles. The van der Waals surface area contributed by atoms with Gasteiger partial charge in [-0.2, -0.15) is 0 Å². The molecule has 0 saturated heterocycles. The van der Waals surface area contributed by atoms with Crippen molar-refractivity contribution in [3.63, 3.8) is 0 Å². The number of nitrogens with two attached hydrogens (primary N) is 1.